The van der Waals surface area contributed by atoms with E-state index >= 15 is 0 Å². The summed E-state index contributed by atoms with van der Waals surface area (Å²) in [5.74, 6) is 1.03. The van der Waals surface area contributed by atoms with Gasteiger partial charge in [-0.3, -0.25) is 9.59 Å². The Kier molecular flexibility index (Phi) is 8.79. The Morgan fingerprint density at radius 3 is 2.32 bits per heavy atom. The number of aromatic nitrogens is 2. The Morgan fingerprint density at radius 1 is 0.902 bits per heavy atom. The van der Waals surface area contributed by atoms with Crippen LogP contribution in [0.25, 0.3) is 11.3 Å². The number of halogens is 1. The number of hydrogen-bond acceptors (Lipinski definition) is 6. The van der Waals surface area contributed by atoms with Gasteiger partial charge in [-0.25, -0.2) is 0 Å². The number of piperazine rings is 1. The topological polar surface area (TPSA) is 78.9 Å². The van der Waals surface area contributed by atoms with E-state index in [1.807, 2.05) is 78.6 Å². The normalized spacial score (nSPS) is 13.9. The van der Waals surface area contributed by atoms with Crippen molar-refractivity contribution in [3.63, 3.8) is 0 Å². The summed E-state index contributed by atoms with van der Waals surface area (Å²) >= 11 is 6.31. The zero-order valence-electron chi connectivity index (χ0n) is 23.1. The number of carbonyl (C=O) groups is 2. The lowest BCUT2D eigenvalue weighted by molar-refractivity contribution is -0.132. The third kappa shape index (κ3) is 6.49. The van der Waals surface area contributed by atoms with Crippen molar-refractivity contribution in [2.24, 2.45) is 0 Å². The number of carbonyl (C=O) groups excluding carboxylic acids is 2. The van der Waals surface area contributed by atoms with Crippen molar-refractivity contribution in [1.29, 1.82) is 0 Å². The lowest BCUT2D eigenvalue weighted by Gasteiger charge is -2.37. The maximum absolute atomic E-state index is 13.7. The first-order chi connectivity index (χ1) is 19.9. The van der Waals surface area contributed by atoms with E-state index in [-0.39, 0.29) is 24.4 Å². The second-order valence-corrected chi connectivity index (χ2v) is 10.3. The Morgan fingerprint density at radius 2 is 1.63 bits per heavy atom. The van der Waals surface area contributed by atoms with E-state index < -0.39 is 0 Å². The molecule has 0 spiro atoms. The zero-order valence-corrected chi connectivity index (χ0v) is 23.9. The molecular weight excluding hydrogens is 538 g/mol. The van der Waals surface area contributed by atoms with E-state index in [9.17, 15) is 9.59 Å². The highest BCUT2D eigenvalue weighted by atomic mass is 35.5. The molecule has 0 N–H and O–H groups in total. The molecule has 0 saturated carbocycles. The van der Waals surface area contributed by atoms with Gasteiger partial charge in [0.2, 0.25) is 5.91 Å². The van der Waals surface area contributed by atoms with Crippen LogP contribution in [0.15, 0.2) is 91.0 Å². The fraction of sp³-hybridized carbons (Fsp3) is 0.250. The Bertz CT molecular complexity index is 1490. The van der Waals surface area contributed by atoms with Gasteiger partial charge in [-0.15, -0.1) is 10.2 Å². The lowest BCUT2D eigenvalue weighted by Crippen LogP contribution is -2.52. The second kappa shape index (κ2) is 12.8. The minimum absolute atomic E-state index is 0.0293. The van der Waals surface area contributed by atoms with E-state index in [1.165, 1.54) is 0 Å². The number of hydrogen-bond donors (Lipinski definition) is 0. The van der Waals surface area contributed by atoms with Crippen LogP contribution in [0.1, 0.15) is 28.9 Å². The molecule has 2 heterocycles. The van der Waals surface area contributed by atoms with E-state index in [2.05, 4.69) is 15.1 Å². The molecule has 8 nitrogen and oxygen atoms in total. The quantitative estimate of drug-likeness (QED) is 0.284. The van der Waals surface area contributed by atoms with E-state index in [0.717, 1.165) is 16.9 Å². The Hall–Kier alpha value is -4.43. The van der Waals surface area contributed by atoms with Gasteiger partial charge in [0.05, 0.1) is 23.9 Å². The SMILES string of the molecule is COc1cccc(C(=O)N(CC(=O)N2CCN(c3ccc(-c4ccccc4Cl)nn3)CC2)[C@H](C)c2ccccc2)c1. The molecule has 4 aromatic rings. The van der Waals surface area contributed by atoms with Crippen molar-refractivity contribution < 1.29 is 14.3 Å². The molecule has 0 unspecified atom stereocenters. The van der Waals surface area contributed by atoms with Gasteiger partial charge >= 0.3 is 0 Å². The van der Waals surface area contributed by atoms with Gasteiger partial charge in [0.25, 0.3) is 5.91 Å². The second-order valence-electron chi connectivity index (χ2n) is 9.88. The summed E-state index contributed by atoms with van der Waals surface area (Å²) in [7, 11) is 1.57. The van der Waals surface area contributed by atoms with Crippen LogP contribution in [0.4, 0.5) is 5.82 Å². The Balaban J connectivity index is 1.26. The van der Waals surface area contributed by atoms with Crippen LogP contribution < -0.4 is 9.64 Å². The van der Waals surface area contributed by atoms with Gasteiger partial charge in [-0.05, 0) is 48.9 Å². The first-order valence-electron chi connectivity index (χ1n) is 13.6. The molecule has 1 aliphatic rings. The molecule has 2 amide bonds. The van der Waals surface area contributed by atoms with Crippen LogP contribution in [0.5, 0.6) is 5.75 Å². The van der Waals surface area contributed by atoms with Crippen molar-refractivity contribution in [1.82, 2.24) is 20.0 Å². The van der Waals surface area contributed by atoms with Crippen molar-refractivity contribution in [3.05, 3.63) is 107 Å². The van der Waals surface area contributed by atoms with Gasteiger partial charge in [-0.2, -0.15) is 0 Å². The van der Waals surface area contributed by atoms with Crippen molar-refractivity contribution in [2.45, 2.75) is 13.0 Å². The molecule has 9 heteroatoms. The molecule has 0 radical (unpaired) electrons. The van der Waals surface area contributed by atoms with Crippen LogP contribution in [0.2, 0.25) is 5.02 Å². The standard InChI is InChI=1S/C32H32ClN5O3/c1-23(24-9-4-3-5-10-24)38(32(40)25-11-8-12-26(21-25)41-2)22-31(39)37-19-17-36(18-20-37)30-16-15-29(34-35-30)27-13-6-7-14-28(27)33/h3-16,21,23H,17-20,22H2,1-2H3/t23-/m1/s1. The van der Waals surface area contributed by atoms with E-state index in [4.69, 9.17) is 16.3 Å². The number of methoxy groups -OCH3 is 1. The molecule has 5 rings (SSSR count). The third-order valence-electron chi connectivity index (χ3n) is 7.39. The van der Waals surface area contributed by atoms with Crippen LogP contribution in [-0.2, 0) is 4.79 Å². The van der Waals surface area contributed by atoms with Gasteiger partial charge in [-0.1, -0.05) is 66.2 Å². The van der Waals surface area contributed by atoms with Crippen molar-refractivity contribution >= 4 is 29.2 Å². The minimum Gasteiger partial charge on any atom is -0.497 e. The average molecular weight is 570 g/mol. The highest BCUT2D eigenvalue weighted by Gasteiger charge is 2.29. The predicted octanol–water partition coefficient (Wildman–Crippen LogP) is 5.36. The summed E-state index contributed by atoms with van der Waals surface area (Å²) in [5, 5.41) is 9.42. The van der Waals surface area contributed by atoms with Crippen molar-refractivity contribution in [3.8, 4) is 17.0 Å². The number of amides is 2. The van der Waals surface area contributed by atoms with Gasteiger partial charge < -0.3 is 19.4 Å². The maximum atomic E-state index is 13.7. The fourth-order valence-corrected chi connectivity index (χ4v) is 5.19. The van der Waals surface area contributed by atoms with Crippen molar-refractivity contribution in [2.75, 3.05) is 44.7 Å². The highest BCUT2D eigenvalue weighted by molar-refractivity contribution is 6.33. The molecule has 1 saturated heterocycles. The van der Waals surface area contributed by atoms with E-state index in [0.29, 0.717) is 48.2 Å². The number of anilines is 1. The first-order valence-corrected chi connectivity index (χ1v) is 13.9. The van der Waals surface area contributed by atoms with E-state index in [1.54, 1.807) is 36.3 Å². The van der Waals surface area contributed by atoms with Crippen LogP contribution in [0, 0.1) is 0 Å². The minimum atomic E-state index is -0.299. The zero-order chi connectivity index (χ0) is 28.8. The summed E-state index contributed by atoms with van der Waals surface area (Å²) in [6.07, 6.45) is 0. The summed E-state index contributed by atoms with van der Waals surface area (Å²) in [5.41, 5.74) is 2.98. The molecule has 0 bridgehead atoms. The lowest BCUT2D eigenvalue weighted by atomic mass is 10.1. The largest absolute Gasteiger partial charge is 0.497 e. The van der Waals surface area contributed by atoms with Crippen LogP contribution in [-0.4, -0.2) is 71.6 Å². The highest BCUT2D eigenvalue weighted by Crippen LogP contribution is 2.27. The number of nitrogens with zero attached hydrogens (tertiary/aromatic N) is 5. The monoisotopic (exact) mass is 569 g/mol. The molecule has 0 aliphatic carbocycles. The summed E-state index contributed by atoms with van der Waals surface area (Å²) < 4.78 is 5.32. The van der Waals surface area contributed by atoms with Gasteiger partial charge in [0.15, 0.2) is 5.82 Å². The van der Waals surface area contributed by atoms with Gasteiger partial charge in [0, 0.05) is 37.3 Å². The maximum Gasteiger partial charge on any atom is 0.254 e. The molecule has 1 aromatic heterocycles. The predicted molar refractivity (Wildman–Crippen MR) is 160 cm³/mol. The number of ether oxygens (including phenoxy) is 1. The summed E-state index contributed by atoms with van der Waals surface area (Å²) in [6, 6.07) is 27.8. The van der Waals surface area contributed by atoms with Gasteiger partial charge in [0.1, 0.15) is 12.3 Å². The molecule has 3 aromatic carbocycles. The molecule has 1 fully saturated rings. The number of rotatable bonds is 8. The summed E-state index contributed by atoms with van der Waals surface area (Å²) in [4.78, 5) is 32.8. The smallest absolute Gasteiger partial charge is 0.254 e. The number of benzene rings is 3. The molecule has 1 aliphatic heterocycles. The van der Waals surface area contributed by atoms with Crippen LogP contribution >= 0.6 is 11.6 Å². The molecule has 1 atom stereocenters. The van der Waals surface area contributed by atoms with Crippen LogP contribution in [0.3, 0.4) is 0 Å². The first kappa shape index (κ1) is 28.1. The fourth-order valence-electron chi connectivity index (χ4n) is 4.96. The molecule has 210 valence electrons. The molecule has 41 heavy (non-hydrogen) atoms. The Labute approximate surface area is 245 Å². The average Bonchev–Trinajstić information content (AvgIpc) is 3.03. The summed E-state index contributed by atoms with van der Waals surface area (Å²) in [6.45, 7) is 4.19. The third-order valence-corrected chi connectivity index (χ3v) is 7.72. The molecular formula is C32H32ClN5O3.